The number of hydrogen-bond acceptors (Lipinski definition) is 3. The molecule has 0 radical (unpaired) electrons. The quantitative estimate of drug-likeness (QED) is 0.504. The van der Waals surface area contributed by atoms with Gasteiger partial charge < -0.3 is 15.2 Å². The Balaban J connectivity index is 1.41. The molecule has 1 aliphatic rings. The first kappa shape index (κ1) is 20.9. The first-order valence-electron chi connectivity index (χ1n) is 10.9. The zero-order valence-electron chi connectivity index (χ0n) is 18.1. The normalized spacial score (nSPS) is 16.1. The van der Waals surface area contributed by atoms with Crippen LogP contribution in [0.4, 0.5) is 4.39 Å². The third-order valence-electron chi connectivity index (χ3n) is 6.20. The van der Waals surface area contributed by atoms with Gasteiger partial charge in [-0.2, -0.15) is 0 Å². The van der Waals surface area contributed by atoms with Crippen molar-refractivity contribution in [2.45, 2.75) is 19.4 Å². The fourth-order valence-corrected chi connectivity index (χ4v) is 4.41. The van der Waals surface area contributed by atoms with Crippen LogP contribution in [0.2, 0.25) is 0 Å². The number of aryl methyl sites for hydroxylation is 1. The van der Waals surface area contributed by atoms with Gasteiger partial charge in [0.05, 0.1) is 0 Å². The van der Waals surface area contributed by atoms with E-state index >= 15 is 0 Å². The van der Waals surface area contributed by atoms with Crippen LogP contribution in [0.5, 0.6) is 0 Å². The van der Waals surface area contributed by atoms with Crippen LogP contribution in [-0.2, 0) is 11.2 Å². The lowest BCUT2D eigenvalue weighted by atomic mass is 9.99. The standard InChI is InChI=1S/C26H23FN4O2/c1-16-21-14-20(27)8-9-22(21)30-24(16)26(33)31-12-11-29-25(32)23(31)13-17-4-6-18(7-5-17)19-3-2-10-28-15-19/h2-10,14-15,23,30H,11-13H2,1H3,(H,29,32). The minimum Gasteiger partial charge on any atom is -0.353 e. The summed E-state index contributed by atoms with van der Waals surface area (Å²) in [4.78, 5) is 35.1. The average molecular weight is 442 g/mol. The largest absolute Gasteiger partial charge is 0.353 e. The summed E-state index contributed by atoms with van der Waals surface area (Å²) in [5.74, 6) is -0.782. The number of fused-ring (bicyclic) bond motifs is 1. The van der Waals surface area contributed by atoms with Crippen molar-refractivity contribution in [3.8, 4) is 11.1 Å². The third kappa shape index (κ3) is 3.98. The van der Waals surface area contributed by atoms with Crippen LogP contribution in [0.3, 0.4) is 0 Å². The molecule has 1 atom stereocenters. The second-order valence-electron chi connectivity index (χ2n) is 8.26. The molecule has 1 saturated heterocycles. The van der Waals surface area contributed by atoms with Crippen molar-refractivity contribution in [3.05, 3.63) is 89.6 Å². The van der Waals surface area contributed by atoms with Crippen LogP contribution in [0, 0.1) is 12.7 Å². The zero-order valence-corrected chi connectivity index (χ0v) is 18.1. The van der Waals surface area contributed by atoms with Crippen molar-refractivity contribution >= 4 is 22.7 Å². The SMILES string of the molecule is Cc1c(C(=O)N2CCNC(=O)C2Cc2ccc(-c3cccnc3)cc2)[nH]c2ccc(F)cc12. The van der Waals surface area contributed by atoms with Gasteiger partial charge in [0.15, 0.2) is 0 Å². The smallest absolute Gasteiger partial charge is 0.271 e. The Kier molecular flexibility index (Phi) is 5.38. The number of hydrogen-bond donors (Lipinski definition) is 2. The van der Waals surface area contributed by atoms with Crippen molar-refractivity contribution in [3.63, 3.8) is 0 Å². The summed E-state index contributed by atoms with van der Waals surface area (Å²) in [6.45, 7) is 2.60. The van der Waals surface area contributed by atoms with Gasteiger partial charge in [-0.3, -0.25) is 14.6 Å². The predicted octanol–water partition coefficient (Wildman–Crippen LogP) is 3.86. The van der Waals surface area contributed by atoms with Crippen molar-refractivity contribution < 1.29 is 14.0 Å². The van der Waals surface area contributed by atoms with Gasteiger partial charge in [0.1, 0.15) is 17.6 Å². The van der Waals surface area contributed by atoms with Crippen LogP contribution in [0.25, 0.3) is 22.0 Å². The van der Waals surface area contributed by atoms with Crippen LogP contribution < -0.4 is 5.32 Å². The number of halogens is 1. The molecule has 1 unspecified atom stereocenters. The van der Waals surface area contributed by atoms with E-state index in [4.69, 9.17) is 0 Å². The number of H-pyrrole nitrogens is 1. The minimum absolute atomic E-state index is 0.175. The highest BCUT2D eigenvalue weighted by atomic mass is 19.1. The lowest BCUT2D eigenvalue weighted by Crippen LogP contribution is -2.58. The fourth-order valence-electron chi connectivity index (χ4n) is 4.41. The van der Waals surface area contributed by atoms with Crippen molar-refractivity contribution in [1.29, 1.82) is 0 Å². The van der Waals surface area contributed by atoms with Crippen molar-refractivity contribution in [2.75, 3.05) is 13.1 Å². The molecule has 0 bridgehead atoms. The summed E-state index contributed by atoms with van der Waals surface area (Å²) >= 11 is 0. The second-order valence-corrected chi connectivity index (χ2v) is 8.26. The lowest BCUT2D eigenvalue weighted by Gasteiger charge is -2.35. The molecule has 2 N–H and O–H groups in total. The molecule has 2 aromatic carbocycles. The minimum atomic E-state index is -0.627. The molecule has 2 aromatic heterocycles. The van der Waals surface area contributed by atoms with E-state index in [1.807, 2.05) is 36.4 Å². The Labute approximate surface area is 190 Å². The molecule has 7 heteroatoms. The molecule has 0 saturated carbocycles. The topological polar surface area (TPSA) is 78.1 Å². The molecule has 0 aliphatic carbocycles. The van der Waals surface area contributed by atoms with Gasteiger partial charge in [-0.05, 0) is 53.4 Å². The number of nitrogens with zero attached hydrogens (tertiary/aromatic N) is 2. The molecule has 5 rings (SSSR count). The summed E-state index contributed by atoms with van der Waals surface area (Å²) in [6, 6.07) is 15.6. The molecular formula is C26H23FN4O2. The first-order chi connectivity index (χ1) is 16.0. The number of carbonyl (C=O) groups is 2. The highest BCUT2D eigenvalue weighted by molar-refractivity contribution is 6.03. The molecule has 1 fully saturated rings. The van der Waals surface area contributed by atoms with E-state index in [1.165, 1.54) is 12.1 Å². The van der Waals surface area contributed by atoms with Gasteiger partial charge in [0, 0.05) is 42.8 Å². The number of amides is 2. The molecule has 166 valence electrons. The van der Waals surface area contributed by atoms with Crippen LogP contribution >= 0.6 is 0 Å². The monoisotopic (exact) mass is 442 g/mol. The fraction of sp³-hybridized carbons (Fsp3) is 0.192. The van der Waals surface area contributed by atoms with E-state index in [2.05, 4.69) is 15.3 Å². The van der Waals surface area contributed by atoms with Gasteiger partial charge in [-0.25, -0.2) is 4.39 Å². The number of benzene rings is 2. The number of nitrogens with one attached hydrogen (secondary N) is 2. The average Bonchev–Trinajstić information content (AvgIpc) is 3.16. The summed E-state index contributed by atoms with van der Waals surface area (Å²) < 4.78 is 13.7. The molecule has 6 nitrogen and oxygen atoms in total. The maximum atomic E-state index is 13.7. The zero-order chi connectivity index (χ0) is 22.9. The van der Waals surface area contributed by atoms with E-state index in [-0.39, 0.29) is 17.6 Å². The number of pyridine rings is 1. The van der Waals surface area contributed by atoms with E-state index in [1.54, 1.807) is 30.3 Å². The predicted molar refractivity (Wildman–Crippen MR) is 124 cm³/mol. The molecule has 1 aliphatic heterocycles. The molecule has 3 heterocycles. The Morgan fingerprint density at radius 2 is 1.97 bits per heavy atom. The highest BCUT2D eigenvalue weighted by Crippen LogP contribution is 2.26. The lowest BCUT2D eigenvalue weighted by molar-refractivity contribution is -0.127. The summed E-state index contributed by atoms with van der Waals surface area (Å²) in [5, 5.41) is 3.54. The van der Waals surface area contributed by atoms with Crippen LogP contribution in [0.15, 0.2) is 67.0 Å². The van der Waals surface area contributed by atoms with Crippen molar-refractivity contribution in [1.82, 2.24) is 20.2 Å². The van der Waals surface area contributed by atoms with E-state index in [9.17, 15) is 14.0 Å². The number of aromatic nitrogens is 2. The molecular weight excluding hydrogens is 419 g/mol. The second kappa shape index (κ2) is 8.50. The van der Waals surface area contributed by atoms with Gasteiger partial charge in [-0.1, -0.05) is 30.3 Å². The van der Waals surface area contributed by atoms with Gasteiger partial charge in [-0.15, -0.1) is 0 Å². The molecule has 33 heavy (non-hydrogen) atoms. The van der Waals surface area contributed by atoms with E-state index in [0.717, 1.165) is 16.7 Å². The number of piperazine rings is 1. The van der Waals surface area contributed by atoms with Crippen molar-refractivity contribution in [2.24, 2.45) is 0 Å². The maximum absolute atomic E-state index is 13.7. The Hall–Kier alpha value is -4.00. The maximum Gasteiger partial charge on any atom is 0.271 e. The summed E-state index contributed by atoms with van der Waals surface area (Å²) in [7, 11) is 0. The summed E-state index contributed by atoms with van der Waals surface area (Å²) in [5.41, 5.74) is 4.78. The van der Waals surface area contributed by atoms with Crippen LogP contribution in [0.1, 0.15) is 21.6 Å². The van der Waals surface area contributed by atoms with E-state index < -0.39 is 6.04 Å². The number of carbonyl (C=O) groups excluding carboxylic acids is 2. The van der Waals surface area contributed by atoms with Gasteiger partial charge >= 0.3 is 0 Å². The summed E-state index contributed by atoms with van der Waals surface area (Å²) in [6.07, 6.45) is 3.94. The third-order valence-corrected chi connectivity index (χ3v) is 6.20. The van der Waals surface area contributed by atoms with E-state index in [0.29, 0.717) is 41.7 Å². The molecule has 4 aromatic rings. The number of aromatic amines is 1. The highest BCUT2D eigenvalue weighted by Gasteiger charge is 2.35. The Bertz CT molecular complexity index is 1330. The van der Waals surface area contributed by atoms with Gasteiger partial charge in [0.25, 0.3) is 5.91 Å². The molecule has 2 amide bonds. The first-order valence-corrected chi connectivity index (χ1v) is 10.9. The Morgan fingerprint density at radius 3 is 2.73 bits per heavy atom. The van der Waals surface area contributed by atoms with Crippen LogP contribution in [-0.4, -0.2) is 45.8 Å². The number of rotatable bonds is 4. The Morgan fingerprint density at radius 1 is 1.15 bits per heavy atom. The van der Waals surface area contributed by atoms with Gasteiger partial charge in [0.2, 0.25) is 5.91 Å². The molecule has 0 spiro atoms.